The van der Waals surface area contributed by atoms with Crippen molar-refractivity contribution in [3.05, 3.63) is 71.2 Å². The van der Waals surface area contributed by atoms with E-state index < -0.39 is 0 Å². The molecule has 3 heteroatoms. The molecule has 0 bridgehead atoms. The van der Waals surface area contributed by atoms with E-state index in [9.17, 15) is 4.79 Å². The third-order valence-corrected chi connectivity index (χ3v) is 5.81. The molecule has 1 saturated carbocycles. The summed E-state index contributed by atoms with van der Waals surface area (Å²) in [5, 5.41) is 0. The fraction of sp³-hybridized carbons (Fsp3) is 0.409. The Morgan fingerprint density at radius 2 is 2.08 bits per heavy atom. The van der Waals surface area contributed by atoms with E-state index in [2.05, 4.69) is 32.1 Å². The molecule has 0 N–H and O–H groups in total. The lowest BCUT2D eigenvalue weighted by molar-refractivity contribution is -0.147. The summed E-state index contributed by atoms with van der Waals surface area (Å²) < 4.78 is 11.2. The predicted molar refractivity (Wildman–Crippen MR) is 95.8 cm³/mol. The number of hydrogen-bond acceptors (Lipinski definition) is 3. The van der Waals surface area contributed by atoms with Crippen LogP contribution in [0.4, 0.5) is 0 Å². The molecule has 2 aromatic rings. The van der Waals surface area contributed by atoms with E-state index in [4.69, 9.17) is 9.15 Å². The minimum absolute atomic E-state index is 0.0284. The highest BCUT2D eigenvalue weighted by molar-refractivity contribution is 5.78. The summed E-state index contributed by atoms with van der Waals surface area (Å²) in [6.07, 6.45) is 6.90. The number of esters is 1. The largest absolute Gasteiger partial charge is 0.469 e. The molecule has 1 heterocycles. The van der Waals surface area contributed by atoms with Gasteiger partial charge in [-0.1, -0.05) is 48.9 Å². The van der Waals surface area contributed by atoms with Gasteiger partial charge in [0, 0.05) is 12.0 Å². The molecule has 0 amide bonds. The smallest absolute Gasteiger partial charge is 0.310 e. The van der Waals surface area contributed by atoms with Crippen molar-refractivity contribution in [1.29, 1.82) is 0 Å². The molecule has 1 fully saturated rings. The van der Waals surface area contributed by atoms with Gasteiger partial charge in [0.15, 0.2) is 0 Å². The quantitative estimate of drug-likeness (QED) is 0.575. The van der Waals surface area contributed by atoms with Gasteiger partial charge in [-0.25, -0.2) is 0 Å². The molecule has 1 aromatic carbocycles. The Morgan fingerprint density at radius 3 is 2.84 bits per heavy atom. The fourth-order valence-corrected chi connectivity index (χ4v) is 4.12. The number of ether oxygens (including phenoxy) is 1. The van der Waals surface area contributed by atoms with E-state index in [0.717, 1.165) is 30.6 Å². The number of rotatable bonds is 5. The maximum Gasteiger partial charge on any atom is 0.310 e. The van der Waals surface area contributed by atoms with E-state index in [1.165, 1.54) is 11.1 Å². The Kier molecular flexibility index (Phi) is 4.03. The van der Waals surface area contributed by atoms with Crippen molar-refractivity contribution in [2.75, 3.05) is 0 Å². The molecule has 0 unspecified atom stereocenters. The van der Waals surface area contributed by atoms with Crippen LogP contribution in [0.15, 0.2) is 58.7 Å². The fourth-order valence-electron chi connectivity index (χ4n) is 4.12. The molecular formula is C22H24O3. The first-order chi connectivity index (χ1) is 12.1. The molecule has 0 spiro atoms. The zero-order chi connectivity index (χ0) is 17.4. The molecule has 2 aliphatic rings. The van der Waals surface area contributed by atoms with E-state index in [1.807, 2.05) is 24.3 Å². The SMILES string of the molecule is CC1=C[C@H]2[C@H](C(=O)OCc3coc(Cc4ccccc4)c3)[C@@]2(C)CC1. The Hall–Kier alpha value is -2.29. The van der Waals surface area contributed by atoms with Crippen molar-refractivity contribution >= 4 is 5.97 Å². The first-order valence-corrected chi connectivity index (χ1v) is 9.00. The van der Waals surface area contributed by atoms with Crippen LogP contribution in [0.3, 0.4) is 0 Å². The van der Waals surface area contributed by atoms with Crippen molar-refractivity contribution in [3.8, 4) is 0 Å². The standard InChI is InChI=1S/C22H24O3/c1-15-8-9-22(2)19(10-15)20(22)21(23)25-14-17-12-18(24-13-17)11-16-6-4-3-5-7-16/h3-7,10,12-13,19-20H,8-9,11,14H2,1-2H3/t19-,20+,22-/m0/s1. The lowest BCUT2D eigenvalue weighted by Crippen LogP contribution is -2.12. The normalized spacial score (nSPS) is 27.4. The maximum absolute atomic E-state index is 12.5. The van der Waals surface area contributed by atoms with Crippen LogP contribution in [-0.2, 0) is 22.6 Å². The van der Waals surface area contributed by atoms with Crippen molar-refractivity contribution in [2.45, 2.75) is 39.7 Å². The summed E-state index contributed by atoms with van der Waals surface area (Å²) in [7, 11) is 0. The molecule has 1 aromatic heterocycles. The Bertz CT molecular complexity index is 802. The zero-order valence-corrected chi connectivity index (χ0v) is 14.8. The van der Waals surface area contributed by atoms with Crippen molar-refractivity contribution in [2.24, 2.45) is 17.3 Å². The number of furan rings is 1. The van der Waals surface area contributed by atoms with Crippen molar-refractivity contribution in [3.63, 3.8) is 0 Å². The van der Waals surface area contributed by atoms with Gasteiger partial charge in [-0.3, -0.25) is 4.79 Å². The number of allylic oxidation sites excluding steroid dienone is 2. The molecule has 0 radical (unpaired) electrons. The molecule has 0 aliphatic heterocycles. The van der Waals surface area contributed by atoms with Crippen LogP contribution in [0.5, 0.6) is 0 Å². The van der Waals surface area contributed by atoms with E-state index in [1.54, 1.807) is 6.26 Å². The Morgan fingerprint density at radius 1 is 1.28 bits per heavy atom. The average molecular weight is 336 g/mol. The highest BCUT2D eigenvalue weighted by Gasteiger charge is 2.65. The summed E-state index contributed by atoms with van der Waals surface area (Å²) in [5.74, 6) is 1.22. The number of carbonyl (C=O) groups is 1. The third kappa shape index (κ3) is 3.15. The first kappa shape index (κ1) is 16.2. The second kappa shape index (κ2) is 6.21. The summed E-state index contributed by atoms with van der Waals surface area (Å²) in [4.78, 5) is 12.5. The number of hydrogen-bond donors (Lipinski definition) is 0. The van der Waals surface area contributed by atoms with Crippen LogP contribution >= 0.6 is 0 Å². The first-order valence-electron chi connectivity index (χ1n) is 9.00. The predicted octanol–water partition coefficient (Wildman–Crippen LogP) is 4.91. The molecule has 130 valence electrons. The number of carbonyl (C=O) groups excluding carboxylic acids is 1. The van der Waals surface area contributed by atoms with Crippen LogP contribution in [0.25, 0.3) is 0 Å². The lowest BCUT2D eigenvalue weighted by atomic mass is 9.90. The van der Waals surface area contributed by atoms with E-state index in [0.29, 0.717) is 12.5 Å². The number of fused-ring (bicyclic) bond motifs is 1. The summed E-state index contributed by atoms with van der Waals surface area (Å²) in [6.45, 7) is 4.65. The molecule has 4 rings (SSSR count). The number of benzene rings is 1. The maximum atomic E-state index is 12.5. The topological polar surface area (TPSA) is 39.4 Å². The third-order valence-electron chi connectivity index (χ3n) is 5.81. The summed E-state index contributed by atoms with van der Waals surface area (Å²) in [5.41, 5.74) is 3.64. The molecule has 3 atom stereocenters. The summed E-state index contributed by atoms with van der Waals surface area (Å²) >= 11 is 0. The minimum Gasteiger partial charge on any atom is -0.469 e. The molecular weight excluding hydrogens is 312 g/mol. The minimum atomic E-state index is -0.0655. The van der Waals surface area contributed by atoms with E-state index in [-0.39, 0.29) is 17.3 Å². The van der Waals surface area contributed by atoms with Gasteiger partial charge in [-0.05, 0) is 42.7 Å². The molecule has 25 heavy (non-hydrogen) atoms. The monoisotopic (exact) mass is 336 g/mol. The van der Waals surface area contributed by atoms with Crippen LogP contribution in [0, 0.1) is 17.3 Å². The summed E-state index contributed by atoms with van der Waals surface area (Å²) in [6, 6.07) is 12.2. The highest BCUT2D eigenvalue weighted by Crippen LogP contribution is 2.65. The molecule has 3 nitrogen and oxygen atoms in total. The van der Waals surface area contributed by atoms with Crippen molar-refractivity contribution < 1.29 is 13.9 Å². The van der Waals surface area contributed by atoms with Gasteiger partial charge in [0.25, 0.3) is 0 Å². The van der Waals surface area contributed by atoms with Gasteiger partial charge >= 0.3 is 5.97 Å². The Balaban J connectivity index is 1.33. The molecule has 2 aliphatic carbocycles. The van der Waals surface area contributed by atoms with E-state index >= 15 is 0 Å². The van der Waals surface area contributed by atoms with Gasteiger partial charge < -0.3 is 9.15 Å². The van der Waals surface area contributed by atoms with Crippen LogP contribution in [-0.4, -0.2) is 5.97 Å². The second-order valence-electron chi connectivity index (χ2n) is 7.71. The van der Waals surface area contributed by atoms with Crippen LogP contribution < -0.4 is 0 Å². The highest BCUT2D eigenvalue weighted by atomic mass is 16.5. The van der Waals surface area contributed by atoms with Gasteiger partial charge in [0.05, 0.1) is 12.2 Å². The van der Waals surface area contributed by atoms with Gasteiger partial charge in [0.2, 0.25) is 0 Å². The van der Waals surface area contributed by atoms with Crippen molar-refractivity contribution in [1.82, 2.24) is 0 Å². The van der Waals surface area contributed by atoms with Gasteiger partial charge in [0.1, 0.15) is 12.4 Å². The lowest BCUT2D eigenvalue weighted by Gasteiger charge is -2.15. The van der Waals surface area contributed by atoms with Crippen LogP contribution in [0.1, 0.15) is 43.6 Å². The van der Waals surface area contributed by atoms with Gasteiger partial charge in [-0.2, -0.15) is 0 Å². The average Bonchev–Trinajstić information content (AvgIpc) is 2.97. The second-order valence-corrected chi connectivity index (χ2v) is 7.71. The molecule has 0 saturated heterocycles. The zero-order valence-electron chi connectivity index (χ0n) is 14.8. The van der Waals surface area contributed by atoms with Gasteiger partial charge in [-0.15, -0.1) is 0 Å². The Labute approximate surface area is 148 Å². The van der Waals surface area contributed by atoms with Crippen LogP contribution in [0.2, 0.25) is 0 Å².